The summed E-state index contributed by atoms with van der Waals surface area (Å²) in [6.45, 7) is 16.4. The molecule has 91 valence electrons. The molecule has 0 unspecified atom stereocenters. The summed E-state index contributed by atoms with van der Waals surface area (Å²) in [6.07, 6.45) is 4.78. The number of rotatable bonds is 3. The van der Waals surface area contributed by atoms with Crippen molar-refractivity contribution >= 4 is 8.96 Å². The number of allylic oxidation sites excluding steroid dienone is 3. The molecule has 0 atom stereocenters. The highest BCUT2D eigenvalue weighted by Gasteiger charge is 2.39. The van der Waals surface area contributed by atoms with Crippen LogP contribution in [-0.4, -0.2) is 14.5 Å². The van der Waals surface area contributed by atoms with Crippen molar-refractivity contribution < 1.29 is 0 Å². The number of hydrogen-bond donors (Lipinski definition) is 0. The molecule has 1 nitrogen and oxygen atoms in total. The van der Waals surface area contributed by atoms with Crippen molar-refractivity contribution in [1.82, 2.24) is 4.57 Å². The first-order chi connectivity index (χ1) is 7.27. The Labute approximate surface area is 103 Å². The van der Waals surface area contributed by atoms with E-state index >= 15 is 0 Å². The molecule has 0 spiro atoms. The topological polar surface area (TPSA) is 5.90 Å². The molecule has 1 aliphatic rings. The van der Waals surface area contributed by atoms with E-state index in [-0.39, 0.29) is 5.54 Å². The molecule has 1 radical (unpaired) electrons. The smallest absolute Gasteiger partial charge is 0.205 e. The molecule has 0 aromatic rings. The summed E-state index contributed by atoms with van der Waals surface area (Å²) < 4.78 is 2.69. The highest BCUT2D eigenvalue weighted by atomic mass is 28.3. The van der Waals surface area contributed by atoms with Gasteiger partial charge in [0.2, 0.25) is 0 Å². The van der Waals surface area contributed by atoms with Crippen molar-refractivity contribution in [2.45, 2.75) is 66.1 Å². The monoisotopic (exact) mass is 237 g/mol. The molecule has 0 aliphatic heterocycles. The first kappa shape index (κ1) is 13.7. The van der Waals surface area contributed by atoms with Crippen LogP contribution in [0.25, 0.3) is 0 Å². The quantitative estimate of drug-likeness (QED) is 0.656. The second-order valence-corrected chi connectivity index (χ2v) is 8.81. The summed E-state index contributed by atoms with van der Waals surface area (Å²) in [5, 5.41) is 0. The maximum Gasteiger partial charge on any atom is 0.315 e. The SMILES string of the molecule is CCC1=C(C)CC([N+]([SiH](C)C)C(C)(C)C)=C1. The van der Waals surface area contributed by atoms with Crippen LogP contribution in [0.4, 0.5) is 0 Å². The molecule has 2 heteroatoms. The van der Waals surface area contributed by atoms with Gasteiger partial charge in [0, 0.05) is 12.5 Å². The molecule has 0 fully saturated rings. The van der Waals surface area contributed by atoms with Gasteiger partial charge in [-0.1, -0.05) is 12.5 Å². The van der Waals surface area contributed by atoms with Crippen molar-refractivity contribution in [3.05, 3.63) is 22.9 Å². The number of nitrogens with zero attached hydrogens (tertiary/aromatic N) is 1. The predicted octanol–water partition coefficient (Wildman–Crippen LogP) is 3.92. The van der Waals surface area contributed by atoms with E-state index in [9.17, 15) is 0 Å². The second kappa shape index (κ2) is 4.88. The Morgan fingerprint density at radius 3 is 2.19 bits per heavy atom. The zero-order chi connectivity index (χ0) is 12.5. The van der Waals surface area contributed by atoms with Crippen molar-refractivity contribution in [3.63, 3.8) is 0 Å². The molecule has 0 saturated carbocycles. The molecule has 0 amide bonds. The third-order valence-corrected chi connectivity index (χ3v) is 5.40. The van der Waals surface area contributed by atoms with Gasteiger partial charge in [-0.3, -0.25) is 0 Å². The van der Waals surface area contributed by atoms with Crippen LogP contribution >= 0.6 is 0 Å². The lowest BCUT2D eigenvalue weighted by atomic mass is 10.1. The summed E-state index contributed by atoms with van der Waals surface area (Å²) in [5.41, 5.74) is 4.96. The highest BCUT2D eigenvalue weighted by Crippen LogP contribution is 2.31. The van der Waals surface area contributed by atoms with E-state index in [1.165, 1.54) is 12.8 Å². The Morgan fingerprint density at radius 2 is 1.88 bits per heavy atom. The van der Waals surface area contributed by atoms with Crippen LogP contribution in [0, 0.1) is 0 Å². The molecule has 1 aliphatic carbocycles. The number of hydrogen-bond acceptors (Lipinski definition) is 1. The second-order valence-electron chi connectivity index (χ2n) is 6.11. The maximum atomic E-state index is 2.69. The molecule has 1 rings (SSSR count). The van der Waals surface area contributed by atoms with Gasteiger partial charge in [0.25, 0.3) is 0 Å². The Hall–Kier alpha value is -0.343. The van der Waals surface area contributed by atoms with Gasteiger partial charge in [-0.25, -0.2) is 4.57 Å². The summed E-state index contributed by atoms with van der Waals surface area (Å²) in [7, 11) is -0.791. The van der Waals surface area contributed by atoms with Crippen molar-refractivity contribution in [1.29, 1.82) is 0 Å². The fraction of sp³-hybridized carbons (Fsp3) is 0.714. The first-order valence-corrected chi connectivity index (χ1v) is 9.28. The van der Waals surface area contributed by atoms with Crippen LogP contribution in [0.5, 0.6) is 0 Å². The summed E-state index contributed by atoms with van der Waals surface area (Å²) in [4.78, 5) is 0. The molecule has 0 bridgehead atoms. The van der Waals surface area contributed by atoms with Crippen LogP contribution in [0.1, 0.15) is 47.5 Å². The van der Waals surface area contributed by atoms with Crippen molar-refractivity contribution in [2.24, 2.45) is 0 Å². The van der Waals surface area contributed by atoms with Crippen molar-refractivity contribution in [3.8, 4) is 0 Å². The van der Waals surface area contributed by atoms with Crippen LogP contribution in [0.15, 0.2) is 22.9 Å². The van der Waals surface area contributed by atoms with E-state index in [0.717, 1.165) is 0 Å². The standard InChI is InChI=1S/C14H27NSi/c1-8-12-10-13(9-11(12)2)15(16(6)7)14(3,4)5/h10,16H,8-9H2,1-7H3/q+1. The minimum absolute atomic E-state index is 0.274. The van der Waals surface area contributed by atoms with Gasteiger partial charge in [0.1, 0.15) is 11.2 Å². The van der Waals surface area contributed by atoms with E-state index in [2.05, 4.69) is 58.4 Å². The van der Waals surface area contributed by atoms with Gasteiger partial charge < -0.3 is 0 Å². The van der Waals surface area contributed by atoms with Crippen LogP contribution in [0.3, 0.4) is 0 Å². The zero-order valence-electron chi connectivity index (χ0n) is 12.0. The van der Waals surface area contributed by atoms with Gasteiger partial charge in [0.15, 0.2) is 0 Å². The molecular formula is C14H27NSi+. The van der Waals surface area contributed by atoms with Gasteiger partial charge >= 0.3 is 8.96 Å². The summed E-state index contributed by atoms with van der Waals surface area (Å²) in [5.74, 6) is 0. The van der Waals surface area contributed by atoms with Crippen LogP contribution < -0.4 is 4.57 Å². The van der Waals surface area contributed by atoms with E-state index in [1.54, 1.807) is 16.8 Å². The average molecular weight is 237 g/mol. The fourth-order valence-corrected chi connectivity index (χ4v) is 5.23. The summed E-state index contributed by atoms with van der Waals surface area (Å²) in [6, 6.07) is 0. The molecule has 16 heavy (non-hydrogen) atoms. The van der Waals surface area contributed by atoms with Gasteiger partial charge in [-0.15, -0.1) is 0 Å². The van der Waals surface area contributed by atoms with Crippen molar-refractivity contribution in [2.75, 3.05) is 0 Å². The van der Waals surface area contributed by atoms with Gasteiger partial charge in [0.05, 0.1) is 0 Å². The third-order valence-electron chi connectivity index (χ3n) is 3.26. The summed E-state index contributed by atoms with van der Waals surface area (Å²) >= 11 is 0. The highest BCUT2D eigenvalue weighted by molar-refractivity contribution is 6.55. The predicted molar refractivity (Wildman–Crippen MR) is 76.5 cm³/mol. The molecule has 0 saturated heterocycles. The largest absolute Gasteiger partial charge is 0.315 e. The molecule has 0 aromatic carbocycles. The molecule has 0 aromatic heterocycles. The van der Waals surface area contributed by atoms with E-state index in [0.29, 0.717) is 0 Å². The normalized spacial score (nSPS) is 17.7. The Bertz CT molecular complexity index is 318. The fourth-order valence-electron chi connectivity index (χ4n) is 2.86. The lowest BCUT2D eigenvalue weighted by Gasteiger charge is -2.29. The Kier molecular flexibility index (Phi) is 4.19. The lowest BCUT2D eigenvalue weighted by molar-refractivity contribution is 0.397. The maximum absolute atomic E-state index is 2.69. The minimum Gasteiger partial charge on any atom is -0.205 e. The Morgan fingerprint density at radius 1 is 1.31 bits per heavy atom. The van der Waals surface area contributed by atoms with Crippen LogP contribution in [-0.2, 0) is 0 Å². The van der Waals surface area contributed by atoms with Crippen LogP contribution in [0.2, 0.25) is 13.1 Å². The lowest BCUT2D eigenvalue weighted by Crippen LogP contribution is -2.52. The minimum atomic E-state index is -0.791. The molecule has 0 heterocycles. The van der Waals surface area contributed by atoms with E-state index in [1.807, 2.05) is 0 Å². The molecule has 0 N–H and O–H groups in total. The average Bonchev–Trinajstić information content (AvgIpc) is 2.43. The third kappa shape index (κ3) is 2.86. The zero-order valence-corrected chi connectivity index (χ0v) is 13.2. The Balaban J connectivity index is 2.94. The van der Waals surface area contributed by atoms with E-state index < -0.39 is 8.96 Å². The van der Waals surface area contributed by atoms with Gasteiger partial charge in [-0.2, -0.15) is 0 Å². The first-order valence-electron chi connectivity index (χ1n) is 6.46. The molecular weight excluding hydrogens is 210 g/mol. The van der Waals surface area contributed by atoms with Gasteiger partial charge in [-0.05, 0) is 52.8 Å². The van der Waals surface area contributed by atoms with E-state index in [4.69, 9.17) is 0 Å².